The van der Waals surface area contributed by atoms with E-state index >= 15 is 4.39 Å². The van der Waals surface area contributed by atoms with E-state index in [1.165, 1.54) is 7.11 Å². The highest BCUT2D eigenvalue weighted by Gasteiger charge is 2.37. The molecule has 2 atom stereocenters. The van der Waals surface area contributed by atoms with Crippen LogP contribution in [0.15, 0.2) is 6.07 Å². The molecular formula is C21H29F4NO3. The van der Waals surface area contributed by atoms with Crippen molar-refractivity contribution in [2.24, 2.45) is 0 Å². The van der Waals surface area contributed by atoms with Gasteiger partial charge in [-0.05, 0) is 57.2 Å². The Morgan fingerprint density at radius 3 is 2.52 bits per heavy atom. The summed E-state index contributed by atoms with van der Waals surface area (Å²) in [5.41, 5.74) is 1.13. The zero-order valence-electron chi connectivity index (χ0n) is 17.4. The quantitative estimate of drug-likeness (QED) is 0.626. The first-order valence-corrected chi connectivity index (χ1v) is 9.99. The maximum absolute atomic E-state index is 15.2. The third-order valence-electron chi connectivity index (χ3n) is 5.34. The number of methoxy groups -OCH3 is 1. The Bertz CT molecular complexity index is 730. The number of hydrogen-bond donors (Lipinski definition) is 0. The molecule has 8 heteroatoms. The lowest BCUT2D eigenvalue weighted by Gasteiger charge is -2.45. The maximum atomic E-state index is 15.2. The summed E-state index contributed by atoms with van der Waals surface area (Å²) in [6.45, 7) is 6.90. The number of hydrogen-bond acceptors (Lipinski definition) is 4. The Morgan fingerprint density at radius 2 is 1.90 bits per heavy atom. The Morgan fingerprint density at radius 1 is 1.17 bits per heavy atom. The minimum absolute atomic E-state index is 0.0474. The second-order valence-electron chi connectivity index (χ2n) is 8.69. The molecule has 0 aromatic heterocycles. The van der Waals surface area contributed by atoms with Crippen LogP contribution in [0.25, 0.3) is 0 Å². The summed E-state index contributed by atoms with van der Waals surface area (Å²) < 4.78 is 68.9. The standard InChI is InChI=1S/C21H29F4NO3/c1-20(2,3)29-13-5-6-16-15-11-17(27-4)19(28-10-8-21(23,24)25)18(22)14(15)7-9-26(16)12-13/h11,13,16H,5-10,12H2,1-4H3. The van der Waals surface area contributed by atoms with Gasteiger partial charge in [-0.2, -0.15) is 13.2 Å². The second-order valence-corrected chi connectivity index (χ2v) is 8.69. The number of piperidine rings is 1. The molecule has 1 aromatic rings. The molecule has 0 N–H and O–H groups in total. The molecule has 0 radical (unpaired) electrons. The predicted molar refractivity (Wildman–Crippen MR) is 101 cm³/mol. The molecule has 164 valence electrons. The Balaban J connectivity index is 1.80. The second kappa shape index (κ2) is 8.30. The molecule has 1 aromatic carbocycles. The van der Waals surface area contributed by atoms with Crippen molar-refractivity contribution < 1.29 is 31.8 Å². The minimum Gasteiger partial charge on any atom is -0.493 e. The highest BCUT2D eigenvalue weighted by Crippen LogP contribution is 2.44. The van der Waals surface area contributed by atoms with Crippen LogP contribution in [0.5, 0.6) is 11.5 Å². The van der Waals surface area contributed by atoms with E-state index in [0.29, 0.717) is 18.5 Å². The molecule has 2 unspecified atom stereocenters. The Hall–Kier alpha value is -1.54. The van der Waals surface area contributed by atoms with Crippen LogP contribution in [0.3, 0.4) is 0 Å². The topological polar surface area (TPSA) is 30.9 Å². The molecule has 0 saturated carbocycles. The third-order valence-corrected chi connectivity index (χ3v) is 5.34. The number of fused-ring (bicyclic) bond motifs is 3. The van der Waals surface area contributed by atoms with Crippen LogP contribution >= 0.6 is 0 Å². The van der Waals surface area contributed by atoms with Crippen LogP contribution in [0.4, 0.5) is 17.6 Å². The van der Waals surface area contributed by atoms with Crippen molar-refractivity contribution >= 4 is 0 Å². The first-order valence-electron chi connectivity index (χ1n) is 9.99. The summed E-state index contributed by atoms with van der Waals surface area (Å²) >= 11 is 0. The fourth-order valence-electron chi connectivity index (χ4n) is 4.23. The summed E-state index contributed by atoms with van der Waals surface area (Å²) in [5.74, 6) is -0.693. The molecule has 0 amide bonds. The van der Waals surface area contributed by atoms with E-state index in [1.807, 2.05) is 20.8 Å². The lowest BCUT2D eigenvalue weighted by molar-refractivity contribution is -0.139. The van der Waals surface area contributed by atoms with E-state index in [0.717, 1.165) is 24.9 Å². The smallest absolute Gasteiger partial charge is 0.392 e. The number of ether oxygens (including phenoxy) is 3. The Kier molecular flexibility index (Phi) is 6.34. The third kappa shape index (κ3) is 5.34. The van der Waals surface area contributed by atoms with Gasteiger partial charge in [-0.15, -0.1) is 0 Å². The summed E-state index contributed by atoms with van der Waals surface area (Å²) in [7, 11) is 1.37. The van der Waals surface area contributed by atoms with Gasteiger partial charge in [0.1, 0.15) is 0 Å². The van der Waals surface area contributed by atoms with Crippen molar-refractivity contribution in [1.82, 2.24) is 4.90 Å². The highest BCUT2D eigenvalue weighted by atomic mass is 19.4. The first-order chi connectivity index (χ1) is 13.5. The van der Waals surface area contributed by atoms with Gasteiger partial charge >= 0.3 is 6.18 Å². The lowest BCUT2D eigenvalue weighted by Crippen LogP contribution is -2.47. The molecule has 4 nitrogen and oxygen atoms in total. The molecule has 2 aliphatic heterocycles. The number of rotatable bonds is 5. The largest absolute Gasteiger partial charge is 0.493 e. The summed E-state index contributed by atoms with van der Waals surface area (Å²) in [5, 5.41) is 0. The molecule has 1 fully saturated rings. The van der Waals surface area contributed by atoms with Crippen molar-refractivity contribution in [3.8, 4) is 11.5 Å². The van der Waals surface area contributed by atoms with Crippen molar-refractivity contribution in [3.05, 3.63) is 23.0 Å². The van der Waals surface area contributed by atoms with Crippen LogP contribution in [-0.2, 0) is 11.2 Å². The van der Waals surface area contributed by atoms with Crippen molar-refractivity contribution in [3.63, 3.8) is 0 Å². The molecule has 3 rings (SSSR count). The number of nitrogens with zero attached hydrogens (tertiary/aromatic N) is 1. The average Bonchev–Trinajstić information content (AvgIpc) is 2.60. The van der Waals surface area contributed by atoms with Gasteiger partial charge in [0.25, 0.3) is 0 Å². The highest BCUT2D eigenvalue weighted by molar-refractivity contribution is 5.51. The van der Waals surface area contributed by atoms with E-state index in [9.17, 15) is 13.2 Å². The zero-order valence-corrected chi connectivity index (χ0v) is 17.4. The Labute approximate surface area is 169 Å². The normalized spacial score (nSPS) is 22.8. The zero-order chi connectivity index (χ0) is 21.4. The van der Waals surface area contributed by atoms with E-state index in [-0.39, 0.29) is 29.2 Å². The molecule has 0 aliphatic carbocycles. The fourth-order valence-corrected chi connectivity index (χ4v) is 4.23. The lowest BCUT2D eigenvalue weighted by atomic mass is 9.85. The van der Waals surface area contributed by atoms with Gasteiger partial charge in [0, 0.05) is 19.1 Å². The van der Waals surface area contributed by atoms with Crippen LogP contribution in [-0.4, -0.2) is 49.6 Å². The number of alkyl halides is 3. The predicted octanol–water partition coefficient (Wildman–Crippen LogP) is 5.04. The summed E-state index contributed by atoms with van der Waals surface area (Å²) in [4.78, 5) is 2.30. The number of halogens is 4. The molecule has 2 heterocycles. The monoisotopic (exact) mass is 419 g/mol. The van der Waals surface area contributed by atoms with Gasteiger partial charge in [-0.3, -0.25) is 4.90 Å². The molecule has 0 spiro atoms. The van der Waals surface area contributed by atoms with E-state index < -0.39 is 25.0 Å². The van der Waals surface area contributed by atoms with Gasteiger partial charge in [0.15, 0.2) is 17.3 Å². The summed E-state index contributed by atoms with van der Waals surface area (Å²) in [6, 6.07) is 1.77. The van der Waals surface area contributed by atoms with E-state index in [1.54, 1.807) is 6.07 Å². The van der Waals surface area contributed by atoms with E-state index in [2.05, 4.69) is 4.90 Å². The molecule has 1 saturated heterocycles. The van der Waals surface area contributed by atoms with Gasteiger partial charge in [-0.1, -0.05) is 0 Å². The molecule has 29 heavy (non-hydrogen) atoms. The van der Waals surface area contributed by atoms with Gasteiger partial charge in [0.05, 0.1) is 31.8 Å². The van der Waals surface area contributed by atoms with Gasteiger partial charge < -0.3 is 14.2 Å². The molecule has 0 bridgehead atoms. The van der Waals surface area contributed by atoms with Crippen molar-refractivity contribution in [1.29, 1.82) is 0 Å². The summed E-state index contributed by atoms with van der Waals surface area (Å²) in [6.07, 6.45) is -3.20. The van der Waals surface area contributed by atoms with Gasteiger partial charge in [0.2, 0.25) is 0 Å². The maximum Gasteiger partial charge on any atom is 0.392 e. The van der Waals surface area contributed by atoms with Crippen LogP contribution in [0.1, 0.15) is 57.2 Å². The van der Waals surface area contributed by atoms with Crippen LogP contribution in [0.2, 0.25) is 0 Å². The minimum atomic E-state index is -4.35. The fraction of sp³-hybridized carbons (Fsp3) is 0.714. The molecule has 2 aliphatic rings. The van der Waals surface area contributed by atoms with Crippen molar-refractivity contribution in [2.75, 3.05) is 26.8 Å². The SMILES string of the molecule is COc1cc2c(c(F)c1OCCC(F)(F)F)CCN1CC(OC(C)(C)C)CCC21. The van der Waals surface area contributed by atoms with Crippen LogP contribution < -0.4 is 9.47 Å². The van der Waals surface area contributed by atoms with Gasteiger partial charge in [-0.25, -0.2) is 4.39 Å². The van der Waals surface area contributed by atoms with Crippen molar-refractivity contribution in [2.45, 2.75) is 70.4 Å². The average molecular weight is 419 g/mol. The number of benzene rings is 1. The molecular weight excluding hydrogens is 390 g/mol. The first kappa shape index (κ1) is 22.2. The van der Waals surface area contributed by atoms with Crippen LogP contribution in [0, 0.1) is 5.82 Å². The van der Waals surface area contributed by atoms with E-state index in [4.69, 9.17) is 14.2 Å².